The van der Waals surface area contributed by atoms with Crippen LogP contribution in [0.25, 0.3) is 0 Å². The summed E-state index contributed by atoms with van der Waals surface area (Å²) < 4.78 is 0. The lowest BCUT2D eigenvalue weighted by Crippen LogP contribution is -2.38. The lowest BCUT2D eigenvalue weighted by molar-refractivity contribution is -0.128. The number of benzene rings is 1. The Morgan fingerprint density at radius 2 is 1.52 bits per heavy atom. The minimum atomic E-state index is -0.152. The topological polar surface area (TPSA) is 90.5 Å². The van der Waals surface area contributed by atoms with Gasteiger partial charge in [-0.1, -0.05) is 6.07 Å². The molecule has 1 aromatic rings. The molecule has 0 saturated heterocycles. The first-order valence-corrected chi connectivity index (χ1v) is 9.46. The van der Waals surface area contributed by atoms with E-state index in [0.29, 0.717) is 30.8 Å². The first kappa shape index (κ1) is 20.9. The second kappa shape index (κ2) is 10.1. The van der Waals surface area contributed by atoms with Crippen molar-refractivity contribution in [2.45, 2.75) is 32.6 Å². The highest BCUT2D eigenvalue weighted by Crippen LogP contribution is 2.30. The van der Waals surface area contributed by atoms with Crippen LogP contribution >= 0.6 is 0 Å². The minimum absolute atomic E-state index is 0.000642. The van der Waals surface area contributed by atoms with Gasteiger partial charge in [0, 0.05) is 43.2 Å². The Kier molecular flexibility index (Phi) is 7.79. The van der Waals surface area contributed by atoms with Crippen molar-refractivity contribution in [3.8, 4) is 0 Å². The fourth-order valence-electron chi connectivity index (χ4n) is 3.29. The second-order valence-electron chi connectivity index (χ2n) is 7.39. The summed E-state index contributed by atoms with van der Waals surface area (Å²) >= 11 is 0. The molecule has 1 saturated carbocycles. The highest BCUT2D eigenvalue weighted by Gasteiger charge is 2.29. The predicted octanol–water partition coefficient (Wildman–Crippen LogP) is 2.07. The van der Waals surface area contributed by atoms with Crippen molar-refractivity contribution in [3.63, 3.8) is 0 Å². The molecule has 1 aliphatic carbocycles. The van der Waals surface area contributed by atoms with Crippen LogP contribution < -0.4 is 16.0 Å². The summed E-state index contributed by atoms with van der Waals surface area (Å²) in [6.45, 7) is 2.91. The maximum Gasteiger partial charge on any atom is 0.227 e. The number of carbonyl (C=O) groups excluding carboxylic acids is 3. The van der Waals surface area contributed by atoms with Gasteiger partial charge in [-0.05, 0) is 58.0 Å². The molecular weight excluding hydrogens is 344 g/mol. The van der Waals surface area contributed by atoms with Crippen LogP contribution in [0, 0.1) is 11.8 Å². The highest BCUT2D eigenvalue weighted by molar-refractivity contribution is 5.94. The third-order valence-electron chi connectivity index (χ3n) is 4.78. The fraction of sp³-hybridized carbons (Fsp3) is 0.550. The van der Waals surface area contributed by atoms with Gasteiger partial charge >= 0.3 is 0 Å². The quantitative estimate of drug-likeness (QED) is 0.681. The molecule has 148 valence electrons. The van der Waals surface area contributed by atoms with Crippen LogP contribution in [0.2, 0.25) is 0 Å². The first-order valence-electron chi connectivity index (χ1n) is 9.46. The van der Waals surface area contributed by atoms with Crippen LogP contribution in [0.5, 0.6) is 0 Å². The van der Waals surface area contributed by atoms with E-state index in [0.717, 1.165) is 19.4 Å². The Bertz CT molecular complexity index is 667. The highest BCUT2D eigenvalue weighted by atomic mass is 16.2. The zero-order valence-electron chi connectivity index (χ0n) is 16.4. The maximum absolute atomic E-state index is 12.5. The number of hydrogen-bond acceptors (Lipinski definition) is 4. The SMILES string of the molecule is CC(=O)Nc1cccc(NC(=O)C2CCC(C(=O)NCCN(C)C)CC2)c1. The molecule has 0 heterocycles. The smallest absolute Gasteiger partial charge is 0.227 e. The zero-order chi connectivity index (χ0) is 19.8. The molecule has 1 aromatic carbocycles. The summed E-state index contributed by atoms with van der Waals surface area (Å²) in [5, 5.41) is 8.60. The van der Waals surface area contributed by atoms with Gasteiger partial charge in [0.05, 0.1) is 0 Å². The summed E-state index contributed by atoms with van der Waals surface area (Å²) in [6, 6.07) is 7.10. The van der Waals surface area contributed by atoms with Crippen LogP contribution in [-0.4, -0.2) is 49.8 Å². The summed E-state index contributed by atoms with van der Waals surface area (Å²) in [4.78, 5) is 37.9. The van der Waals surface area contributed by atoms with Gasteiger partial charge in [0.2, 0.25) is 17.7 Å². The van der Waals surface area contributed by atoms with Gasteiger partial charge in [-0.15, -0.1) is 0 Å². The van der Waals surface area contributed by atoms with Gasteiger partial charge in [0.1, 0.15) is 0 Å². The molecule has 1 aliphatic rings. The molecule has 0 radical (unpaired) electrons. The van der Waals surface area contributed by atoms with Crippen molar-refractivity contribution in [1.82, 2.24) is 10.2 Å². The molecule has 0 aliphatic heterocycles. The number of likely N-dealkylation sites (N-methyl/N-ethyl adjacent to an activating group) is 1. The van der Waals surface area contributed by atoms with E-state index in [9.17, 15) is 14.4 Å². The Labute approximate surface area is 160 Å². The van der Waals surface area contributed by atoms with Gasteiger partial charge in [0.15, 0.2) is 0 Å². The van der Waals surface area contributed by atoms with Crippen molar-refractivity contribution < 1.29 is 14.4 Å². The zero-order valence-corrected chi connectivity index (χ0v) is 16.4. The molecule has 0 aromatic heterocycles. The number of amides is 3. The van der Waals surface area contributed by atoms with Crippen molar-refractivity contribution >= 4 is 29.1 Å². The Morgan fingerprint density at radius 3 is 2.07 bits per heavy atom. The molecule has 27 heavy (non-hydrogen) atoms. The molecule has 0 unspecified atom stereocenters. The molecule has 2 rings (SSSR count). The lowest BCUT2D eigenvalue weighted by Gasteiger charge is -2.27. The first-order chi connectivity index (χ1) is 12.8. The number of anilines is 2. The van der Waals surface area contributed by atoms with Gasteiger partial charge in [-0.25, -0.2) is 0 Å². The molecule has 1 fully saturated rings. The molecule has 3 N–H and O–H groups in total. The molecule has 3 amide bonds. The third kappa shape index (κ3) is 7.02. The van der Waals surface area contributed by atoms with Crippen LogP contribution in [0.3, 0.4) is 0 Å². The largest absolute Gasteiger partial charge is 0.355 e. The monoisotopic (exact) mass is 374 g/mol. The Hall–Kier alpha value is -2.41. The van der Waals surface area contributed by atoms with Crippen molar-refractivity contribution in [1.29, 1.82) is 0 Å². The third-order valence-corrected chi connectivity index (χ3v) is 4.78. The maximum atomic E-state index is 12.5. The van der Waals surface area contributed by atoms with E-state index in [1.807, 2.05) is 19.0 Å². The Morgan fingerprint density at radius 1 is 0.963 bits per heavy atom. The number of rotatable bonds is 7. The van der Waals surface area contributed by atoms with E-state index in [2.05, 4.69) is 16.0 Å². The summed E-state index contributed by atoms with van der Waals surface area (Å²) in [7, 11) is 3.95. The number of nitrogens with zero attached hydrogens (tertiary/aromatic N) is 1. The average molecular weight is 374 g/mol. The average Bonchev–Trinajstić information content (AvgIpc) is 2.61. The summed E-state index contributed by atoms with van der Waals surface area (Å²) in [5.41, 5.74) is 1.31. The molecule has 0 bridgehead atoms. The number of carbonyl (C=O) groups is 3. The van der Waals surface area contributed by atoms with Gasteiger partial charge in [0.25, 0.3) is 0 Å². The lowest BCUT2D eigenvalue weighted by atomic mass is 9.81. The van der Waals surface area contributed by atoms with E-state index < -0.39 is 0 Å². The number of hydrogen-bond donors (Lipinski definition) is 3. The molecular formula is C20H30N4O3. The normalized spacial score (nSPS) is 19.4. The molecule has 7 heteroatoms. The van der Waals surface area contributed by atoms with Crippen LogP contribution in [0.1, 0.15) is 32.6 Å². The minimum Gasteiger partial charge on any atom is -0.355 e. The van der Waals surface area contributed by atoms with Crippen molar-refractivity contribution in [2.75, 3.05) is 37.8 Å². The molecule has 0 spiro atoms. The van der Waals surface area contributed by atoms with E-state index >= 15 is 0 Å². The van der Waals surface area contributed by atoms with Crippen LogP contribution in [0.15, 0.2) is 24.3 Å². The fourth-order valence-corrected chi connectivity index (χ4v) is 3.29. The summed E-state index contributed by atoms with van der Waals surface area (Å²) in [5.74, 6) is -0.166. The predicted molar refractivity (Wildman–Crippen MR) is 106 cm³/mol. The number of nitrogens with one attached hydrogen (secondary N) is 3. The van der Waals surface area contributed by atoms with Gasteiger partial charge < -0.3 is 20.9 Å². The van der Waals surface area contributed by atoms with E-state index in [1.165, 1.54) is 6.92 Å². The molecule has 7 nitrogen and oxygen atoms in total. The van der Waals surface area contributed by atoms with Gasteiger partial charge in [-0.3, -0.25) is 14.4 Å². The second-order valence-corrected chi connectivity index (χ2v) is 7.39. The standard InChI is InChI=1S/C20H30N4O3/c1-14(25)22-17-5-4-6-18(13-17)23-20(27)16-9-7-15(8-10-16)19(26)21-11-12-24(2)3/h4-6,13,15-16H,7-12H2,1-3H3,(H,21,26)(H,22,25)(H,23,27). The van der Waals surface area contributed by atoms with Crippen LogP contribution in [-0.2, 0) is 14.4 Å². The summed E-state index contributed by atoms with van der Waals surface area (Å²) in [6.07, 6.45) is 2.89. The van der Waals surface area contributed by atoms with E-state index in [1.54, 1.807) is 24.3 Å². The van der Waals surface area contributed by atoms with Crippen molar-refractivity contribution in [2.24, 2.45) is 11.8 Å². The van der Waals surface area contributed by atoms with E-state index in [-0.39, 0.29) is 29.6 Å². The van der Waals surface area contributed by atoms with Crippen molar-refractivity contribution in [3.05, 3.63) is 24.3 Å². The molecule has 0 atom stereocenters. The van der Waals surface area contributed by atoms with Crippen LogP contribution in [0.4, 0.5) is 11.4 Å². The Balaban J connectivity index is 1.79. The van der Waals surface area contributed by atoms with Gasteiger partial charge in [-0.2, -0.15) is 0 Å². The van der Waals surface area contributed by atoms with E-state index in [4.69, 9.17) is 0 Å².